The van der Waals surface area contributed by atoms with Gasteiger partial charge in [-0.3, -0.25) is 19.6 Å². The van der Waals surface area contributed by atoms with E-state index in [0.29, 0.717) is 42.0 Å². The number of nitrogens with zero attached hydrogens (tertiary/aromatic N) is 22. The zero-order chi connectivity index (χ0) is 93.1. The lowest BCUT2D eigenvalue weighted by molar-refractivity contribution is 0.0910. The monoisotopic (exact) mass is 1760 g/mol. The summed E-state index contributed by atoms with van der Waals surface area (Å²) >= 11 is 0. The van der Waals surface area contributed by atoms with Gasteiger partial charge in [-0.15, -0.1) is 0 Å². The third-order valence-corrected chi connectivity index (χ3v) is 30.0. The minimum absolute atomic E-state index is 0.660. The summed E-state index contributed by atoms with van der Waals surface area (Å²) in [7, 11) is 6.88. The van der Waals surface area contributed by atoms with Crippen LogP contribution in [0, 0.1) is 35.5 Å². The largest absolute Gasteiger partial charge is 0.304 e. The molecule has 0 bridgehead atoms. The fraction of sp³-hybridized carbons (Fsp3) is 1.00. The Labute approximate surface area is 777 Å². The maximum atomic E-state index is 2.70. The molecule has 0 aromatic heterocycles. The third-order valence-electron chi connectivity index (χ3n) is 30.0. The molecule has 22 nitrogen and oxygen atoms in total. The summed E-state index contributed by atoms with van der Waals surface area (Å²) in [5, 5.41) is 0. The van der Waals surface area contributed by atoms with E-state index in [9.17, 15) is 0 Å². The quantitative estimate of drug-likeness (QED) is 0.0870. The van der Waals surface area contributed by atoms with Crippen LogP contribution in [-0.2, 0) is 0 Å². The molecule has 0 aromatic rings. The van der Waals surface area contributed by atoms with E-state index in [1.165, 1.54) is 367 Å². The molecule has 6 aliphatic rings. The lowest BCUT2D eigenvalue weighted by Gasteiger charge is -2.39. The average molecular weight is 1760 g/mol. The van der Waals surface area contributed by atoms with Crippen molar-refractivity contribution in [3.05, 3.63) is 0 Å². The lowest BCUT2D eigenvalue weighted by atomic mass is 10.0. The van der Waals surface area contributed by atoms with Crippen molar-refractivity contribution in [3.63, 3.8) is 0 Å². The van der Waals surface area contributed by atoms with E-state index in [2.05, 4.69) is 337 Å². The van der Waals surface area contributed by atoms with Crippen LogP contribution in [0.1, 0.15) is 208 Å². The average Bonchev–Trinajstić information content (AvgIpc) is 1.41. The molecule has 0 aliphatic carbocycles. The molecular formula is C102H226N22. The SMILES string of the molecule is CCN1CCN(C)CC(C(C)C)N(CC)CCN(CC)CC1.CCN1CCN(C)CCN(C(C)C(C)C)CCN(CC)CC1.CCN1CCN(CC)CC(C(C)C)N(CC)CC1.CCN1CCN(CC)CCN(C(C)C(C)C)CC1.CCN1CCN(CC)CCN(C)C(C(C)C)CN(CC)CC1.CCN1CCN(CC)CCN(CC(C)C)CCN(CC)CC1. The molecule has 5 unspecified atom stereocenters. The van der Waals surface area contributed by atoms with E-state index in [-0.39, 0.29) is 0 Å². The Morgan fingerprint density at radius 2 is 0.379 bits per heavy atom. The van der Waals surface area contributed by atoms with Gasteiger partial charge in [0.15, 0.2) is 0 Å². The van der Waals surface area contributed by atoms with Crippen LogP contribution >= 0.6 is 0 Å². The number of likely N-dealkylation sites (N-methyl/N-ethyl adjacent to an activating group) is 19. The third kappa shape index (κ3) is 52.7. The van der Waals surface area contributed by atoms with E-state index in [1.807, 2.05) is 0 Å². The molecule has 0 aromatic carbocycles. The molecule has 0 N–H and O–H groups in total. The Morgan fingerprint density at radius 3 is 0.621 bits per heavy atom. The van der Waals surface area contributed by atoms with Crippen LogP contribution in [0.15, 0.2) is 0 Å². The Hall–Kier alpha value is -0.880. The highest BCUT2D eigenvalue weighted by Gasteiger charge is 2.30. The Balaban J connectivity index is 0.000000745. The fourth-order valence-corrected chi connectivity index (χ4v) is 18.7. The molecule has 22 heteroatoms. The van der Waals surface area contributed by atoms with Crippen LogP contribution in [0.4, 0.5) is 0 Å². The van der Waals surface area contributed by atoms with Gasteiger partial charge >= 0.3 is 0 Å². The minimum atomic E-state index is 0.660. The van der Waals surface area contributed by atoms with E-state index < -0.39 is 0 Å². The number of rotatable bonds is 25. The van der Waals surface area contributed by atoms with Crippen LogP contribution in [0.5, 0.6) is 0 Å². The summed E-state index contributed by atoms with van der Waals surface area (Å²) in [4.78, 5) is 57.6. The van der Waals surface area contributed by atoms with Gasteiger partial charge in [0.1, 0.15) is 0 Å². The zero-order valence-corrected chi connectivity index (χ0v) is 90.2. The number of hydrogen-bond acceptors (Lipinski definition) is 22. The second kappa shape index (κ2) is 73.5. The van der Waals surface area contributed by atoms with Crippen molar-refractivity contribution in [1.29, 1.82) is 0 Å². The molecule has 5 atom stereocenters. The van der Waals surface area contributed by atoms with Crippen LogP contribution in [0.25, 0.3) is 0 Å². The fourth-order valence-electron chi connectivity index (χ4n) is 18.7. The number of hydrogen-bond donors (Lipinski definition) is 0. The molecule has 124 heavy (non-hydrogen) atoms. The van der Waals surface area contributed by atoms with Gasteiger partial charge in [0, 0.05) is 305 Å². The highest BCUT2D eigenvalue weighted by molar-refractivity contribution is 4.86. The first-order chi connectivity index (χ1) is 59.3. The van der Waals surface area contributed by atoms with Crippen molar-refractivity contribution in [2.45, 2.75) is 238 Å². The Bertz CT molecular complexity index is 2280. The Kier molecular flexibility index (Phi) is 71.8. The first-order valence-corrected chi connectivity index (χ1v) is 53.2. The predicted molar refractivity (Wildman–Crippen MR) is 551 cm³/mol. The predicted octanol–water partition coefficient (Wildman–Crippen LogP) is 11.7. The molecule has 0 saturated carbocycles. The normalized spacial score (nSPS) is 24.8. The maximum Gasteiger partial charge on any atom is 0.0246 e. The zero-order valence-electron chi connectivity index (χ0n) is 90.2. The molecule has 6 heterocycles. The molecule has 0 radical (unpaired) electrons. The molecule has 6 rings (SSSR count). The van der Waals surface area contributed by atoms with Gasteiger partial charge in [0.05, 0.1) is 0 Å². The van der Waals surface area contributed by atoms with Gasteiger partial charge in [0.2, 0.25) is 0 Å². The van der Waals surface area contributed by atoms with Gasteiger partial charge in [-0.25, -0.2) is 0 Å². The van der Waals surface area contributed by atoms with E-state index >= 15 is 0 Å². The second-order valence-electron chi connectivity index (χ2n) is 40.0. The molecule has 744 valence electrons. The van der Waals surface area contributed by atoms with Gasteiger partial charge in [-0.2, -0.15) is 0 Å². The molecule has 0 spiro atoms. The topological polar surface area (TPSA) is 71.3 Å². The van der Waals surface area contributed by atoms with Crippen LogP contribution in [-0.4, -0.2) is 539 Å². The summed E-state index contributed by atoms with van der Waals surface area (Å²) in [6.45, 7) is 139. The van der Waals surface area contributed by atoms with Gasteiger partial charge < -0.3 is 88.2 Å². The van der Waals surface area contributed by atoms with Crippen LogP contribution < -0.4 is 0 Å². The standard InChI is InChI=1S/4C18H40N4.2C15H33N3/c1-7-20-11-9-19(6)10-15-22(18(5)17(3)4)16-14-21(8-2)13-12-20;1-7-20-11-10-19(6)18(17(4)5)16-22(9-3)15-14-21(8-2)13-12-20;1-7-20-11-10-19(6)16-18(17(4)5)22(9-3)15-14-21(8-2)13-12-20;1-6-19-9-11-20(7-2)13-15-22(17-18(4)5)16-14-21(8-3)12-10-19;1-6-16-8-9-17(7-2)11-13-18(12-10-16)15(5)14(3)4;1-6-16-9-10-17(7-2)13-15(14(4)5)18(8-3)12-11-16/h3*17-18H,7-16H2,1-6H3;18H,6-17H2,1-5H3;2*14-15H,6-13H2,1-5H3. The first kappa shape index (κ1) is 121. The first-order valence-electron chi connectivity index (χ1n) is 53.2. The van der Waals surface area contributed by atoms with E-state index in [1.54, 1.807) is 0 Å². The molecule has 6 aliphatic heterocycles. The highest BCUT2D eigenvalue weighted by Crippen LogP contribution is 2.19. The molecular weight excluding hydrogens is 1530 g/mol. The molecule has 6 fully saturated rings. The highest BCUT2D eigenvalue weighted by atomic mass is 15.3. The minimum Gasteiger partial charge on any atom is -0.304 e. The van der Waals surface area contributed by atoms with E-state index in [0.717, 1.165) is 36.8 Å². The summed E-state index contributed by atoms with van der Waals surface area (Å²) in [5.41, 5.74) is 0. The summed E-state index contributed by atoms with van der Waals surface area (Å²) in [5.74, 6) is 4.39. The summed E-state index contributed by atoms with van der Waals surface area (Å²) in [6, 6.07) is 3.41. The smallest absolute Gasteiger partial charge is 0.0246 e. The summed E-state index contributed by atoms with van der Waals surface area (Å²) < 4.78 is 0. The Morgan fingerprint density at radius 1 is 0.185 bits per heavy atom. The van der Waals surface area contributed by atoms with Crippen LogP contribution in [0.2, 0.25) is 0 Å². The maximum absolute atomic E-state index is 2.70. The van der Waals surface area contributed by atoms with Crippen LogP contribution in [0.3, 0.4) is 0 Å². The van der Waals surface area contributed by atoms with Crippen molar-refractivity contribution >= 4 is 0 Å². The van der Waals surface area contributed by atoms with Gasteiger partial charge in [0.25, 0.3) is 0 Å². The van der Waals surface area contributed by atoms with Gasteiger partial charge in [-0.05, 0) is 175 Å². The van der Waals surface area contributed by atoms with E-state index in [4.69, 9.17) is 0 Å². The van der Waals surface area contributed by atoms with Crippen molar-refractivity contribution < 1.29 is 0 Å². The molecule has 0 amide bonds. The molecule has 6 saturated heterocycles. The van der Waals surface area contributed by atoms with Crippen molar-refractivity contribution in [1.82, 2.24) is 108 Å². The van der Waals surface area contributed by atoms with Crippen molar-refractivity contribution in [2.75, 3.05) is 401 Å². The van der Waals surface area contributed by atoms with Gasteiger partial charge in [-0.1, -0.05) is 194 Å². The summed E-state index contributed by atoms with van der Waals surface area (Å²) in [6.07, 6.45) is 0. The second-order valence-corrected chi connectivity index (χ2v) is 40.0. The lowest BCUT2D eigenvalue weighted by Crippen LogP contribution is -2.51. The van der Waals surface area contributed by atoms with Crippen molar-refractivity contribution in [3.8, 4) is 0 Å². The van der Waals surface area contributed by atoms with Crippen molar-refractivity contribution in [2.24, 2.45) is 35.5 Å².